The maximum atomic E-state index is 12.7. The van der Waals surface area contributed by atoms with Gasteiger partial charge >= 0.3 is 5.97 Å². The van der Waals surface area contributed by atoms with Gasteiger partial charge in [-0.15, -0.1) is 0 Å². The van der Waals surface area contributed by atoms with E-state index >= 15 is 0 Å². The lowest BCUT2D eigenvalue weighted by Gasteiger charge is -2.18. The van der Waals surface area contributed by atoms with E-state index in [-0.39, 0.29) is 29.1 Å². The monoisotopic (exact) mass is 418 g/mol. The number of benzene rings is 2. The third-order valence-electron chi connectivity index (χ3n) is 4.64. The van der Waals surface area contributed by atoms with Crippen LogP contribution < -0.4 is 4.90 Å². The molecule has 2 aromatic carbocycles. The Morgan fingerprint density at radius 3 is 2.21 bits per heavy atom. The second-order valence-corrected chi connectivity index (χ2v) is 7.10. The number of rotatable bonds is 3. The molecule has 0 bridgehead atoms. The summed E-state index contributed by atoms with van der Waals surface area (Å²) >= 11 is 11.9. The van der Waals surface area contributed by atoms with Gasteiger partial charge in [0.25, 0.3) is 11.8 Å². The van der Waals surface area contributed by atoms with Crippen LogP contribution in [-0.2, 0) is 14.4 Å². The summed E-state index contributed by atoms with van der Waals surface area (Å²) in [5.41, 5.74) is 0.793. The number of hydroxylamine groups is 2. The standard InChI is InChI=1S/C19H12Cl2N2O5/c20-14-6-5-10(9-15(14)21)22-8-7-13(16(22)24)19(27)28-23-17(25)11-3-1-2-4-12(11)18(23)26/h1-6,9,13H,7-8H2. The molecule has 28 heavy (non-hydrogen) atoms. The summed E-state index contributed by atoms with van der Waals surface area (Å²) in [6.45, 7) is 0.263. The summed E-state index contributed by atoms with van der Waals surface area (Å²) in [7, 11) is 0. The van der Waals surface area contributed by atoms with Crippen molar-refractivity contribution < 1.29 is 24.0 Å². The first-order valence-electron chi connectivity index (χ1n) is 8.34. The van der Waals surface area contributed by atoms with E-state index in [2.05, 4.69) is 0 Å². The SMILES string of the molecule is O=C(ON1C(=O)c2ccccc2C1=O)C1CCN(c2ccc(Cl)c(Cl)c2)C1=O. The predicted octanol–water partition coefficient (Wildman–Crippen LogP) is 3.10. The lowest BCUT2D eigenvalue weighted by molar-refractivity contribution is -0.174. The molecule has 2 aromatic rings. The molecule has 1 fully saturated rings. The lowest BCUT2D eigenvalue weighted by atomic mass is 10.1. The molecule has 1 saturated heterocycles. The van der Waals surface area contributed by atoms with Crippen LogP contribution in [0.25, 0.3) is 0 Å². The van der Waals surface area contributed by atoms with Crippen molar-refractivity contribution in [3.8, 4) is 0 Å². The van der Waals surface area contributed by atoms with Gasteiger partial charge in [-0.25, -0.2) is 4.79 Å². The van der Waals surface area contributed by atoms with Crippen LogP contribution in [0.1, 0.15) is 27.1 Å². The Balaban J connectivity index is 1.49. The summed E-state index contributed by atoms with van der Waals surface area (Å²) in [5.74, 6) is -4.05. The van der Waals surface area contributed by atoms with Gasteiger partial charge in [-0.1, -0.05) is 40.4 Å². The van der Waals surface area contributed by atoms with Gasteiger partial charge in [0.05, 0.1) is 21.2 Å². The largest absolute Gasteiger partial charge is 0.345 e. The summed E-state index contributed by atoms with van der Waals surface area (Å²) in [6.07, 6.45) is 0.182. The zero-order valence-corrected chi connectivity index (χ0v) is 15.7. The molecular weight excluding hydrogens is 407 g/mol. The smallest absolute Gasteiger partial charge is 0.329 e. The molecule has 2 aliphatic heterocycles. The zero-order valence-electron chi connectivity index (χ0n) is 14.2. The van der Waals surface area contributed by atoms with Crippen LogP contribution in [0.4, 0.5) is 5.69 Å². The predicted molar refractivity (Wildman–Crippen MR) is 100.0 cm³/mol. The molecular formula is C19H12Cl2N2O5. The van der Waals surface area contributed by atoms with Gasteiger partial charge in [-0.05, 0) is 36.8 Å². The van der Waals surface area contributed by atoms with Crippen LogP contribution >= 0.6 is 23.2 Å². The van der Waals surface area contributed by atoms with Crippen molar-refractivity contribution in [2.45, 2.75) is 6.42 Å². The number of hydrogen-bond acceptors (Lipinski definition) is 5. The van der Waals surface area contributed by atoms with Gasteiger partial charge in [0.15, 0.2) is 0 Å². The third kappa shape index (κ3) is 2.93. The van der Waals surface area contributed by atoms with Crippen molar-refractivity contribution in [2.24, 2.45) is 5.92 Å². The molecule has 9 heteroatoms. The number of carbonyl (C=O) groups excluding carboxylic acids is 4. The minimum atomic E-state index is -1.13. The second-order valence-electron chi connectivity index (χ2n) is 6.29. The normalized spacial score (nSPS) is 18.6. The minimum absolute atomic E-state index is 0.149. The molecule has 142 valence electrons. The van der Waals surface area contributed by atoms with Gasteiger partial charge in [0, 0.05) is 12.2 Å². The van der Waals surface area contributed by atoms with Crippen molar-refractivity contribution >= 4 is 52.6 Å². The molecule has 7 nitrogen and oxygen atoms in total. The molecule has 0 aliphatic carbocycles. The van der Waals surface area contributed by atoms with E-state index in [1.54, 1.807) is 24.3 Å². The number of imide groups is 1. The summed E-state index contributed by atoms with van der Waals surface area (Å²) in [6, 6.07) is 10.8. The van der Waals surface area contributed by atoms with Gasteiger partial charge in [0.2, 0.25) is 5.91 Å². The first-order chi connectivity index (χ1) is 13.4. The Kier molecular flexibility index (Phi) is 4.56. The average molecular weight is 419 g/mol. The molecule has 0 N–H and O–H groups in total. The van der Waals surface area contributed by atoms with Gasteiger partial charge in [0.1, 0.15) is 5.92 Å². The number of amides is 3. The molecule has 2 aliphatic rings. The molecule has 0 spiro atoms. The van der Waals surface area contributed by atoms with Crippen molar-refractivity contribution in [1.82, 2.24) is 5.06 Å². The van der Waals surface area contributed by atoms with Crippen LogP contribution in [-0.4, -0.2) is 35.3 Å². The van der Waals surface area contributed by atoms with E-state index in [4.69, 9.17) is 28.0 Å². The Labute approximate surface area is 169 Å². The summed E-state index contributed by atoms with van der Waals surface area (Å²) in [5, 5.41) is 1.03. The third-order valence-corrected chi connectivity index (χ3v) is 5.38. The Hall–Kier alpha value is -2.90. The molecule has 4 rings (SSSR count). The van der Waals surface area contributed by atoms with Crippen LogP contribution in [0.3, 0.4) is 0 Å². The summed E-state index contributed by atoms with van der Waals surface area (Å²) < 4.78 is 0. The number of nitrogens with zero attached hydrogens (tertiary/aromatic N) is 2. The molecule has 0 saturated carbocycles. The fourth-order valence-corrected chi connectivity index (χ4v) is 3.50. The molecule has 2 heterocycles. The van der Waals surface area contributed by atoms with Gasteiger partial charge in [-0.2, -0.15) is 0 Å². The van der Waals surface area contributed by atoms with E-state index in [0.717, 1.165) is 0 Å². The lowest BCUT2D eigenvalue weighted by Crippen LogP contribution is -2.38. The van der Waals surface area contributed by atoms with Crippen molar-refractivity contribution in [2.75, 3.05) is 11.4 Å². The van der Waals surface area contributed by atoms with Crippen LogP contribution in [0, 0.1) is 5.92 Å². The quantitative estimate of drug-likeness (QED) is 0.564. The van der Waals surface area contributed by atoms with E-state index < -0.39 is 29.6 Å². The van der Waals surface area contributed by atoms with E-state index in [1.165, 1.54) is 23.1 Å². The van der Waals surface area contributed by atoms with E-state index in [9.17, 15) is 19.2 Å². The average Bonchev–Trinajstić information content (AvgIpc) is 3.18. The number of anilines is 1. The van der Waals surface area contributed by atoms with Crippen LogP contribution in [0.5, 0.6) is 0 Å². The summed E-state index contributed by atoms with van der Waals surface area (Å²) in [4.78, 5) is 56.1. The topological polar surface area (TPSA) is 84.0 Å². The fourth-order valence-electron chi connectivity index (χ4n) is 3.21. The number of hydrogen-bond donors (Lipinski definition) is 0. The first-order valence-corrected chi connectivity index (χ1v) is 9.10. The first kappa shape index (κ1) is 18.5. The van der Waals surface area contributed by atoms with Gasteiger partial charge in [-0.3, -0.25) is 14.4 Å². The van der Waals surface area contributed by atoms with Crippen LogP contribution in [0.15, 0.2) is 42.5 Å². The van der Waals surface area contributed by atoms with E-state index in [1.807, 2.05) is 0 Å². The second kappa shape index (κ2) is 6.92. The van der Waals surface area contributed by atoms with Crippen molar-refractivity contribution in [1.29, 1.82) is 0 Å². The Morgan fingerprint density at radius 2 is 1.61 bits per heavy atom. The molecule has 0 aromatic heterocycles. The Bertz CT molecular complexity index is 1000. The molecule has 3 amide bonds. The van der Waals surface area contributed by atoms with Crippen LogP contribution in [0.2, 0.25) is 10.0 Å². The number of halogens is 2. The fraction of sp³-hybridized carbons (Fsp3) is 0.158. The zero-order chi connectivity index (χ0) is 20.0. The van der Waals surface area contributed by atoms with Gasteiger partial charge < -0.3 is 9.74 Å². The highest BCUT2D eigenvalue weighted by atomic mass is 35.5. The highest BCUT2D eigenvalue weighted by Gasteiger charge is 2.44. The molecule has 1 unspecified atom stereocenters. The maximum Gasteiger partial charge on any atom is 0.345 e. The number of carbonyl (C=O) groups is 4. The maximum absolute atomic E-state index is 12.7. The molecule has 0 radical (unpaired) electrons. The minimum Gasteiger partial charge on any atom is -0.329 e. The van der Waals surface area contributed by atoms with Crippen molar-refractivity contribution in [3.05, 3.63) is 63.6 Å². The molecule has 1 atom stereocenters. The highest BCUT2D eigenvalue weighted by molar-refractivity contribution is 6.42. The number of fused-ring (bicyclic) bond motifs is 1. The Morgan fingerprint density at radius 1 is 0.964 bits per heavy atom. The van der Waals surface area contributed by atoms with E-state index in [0.29, 0.717) is 15.8 Å². The van der Waals surface area contributed by atoms with Crippen molar-refractivity contribution in [3.63, 3.8) is 0 Å². The highest BCUT2D eigenvalue weighted by Crippen LogP contribution is 2.32.